The zero-order valence-electron chi connectivity index (χ0n) is 5.87. The summed E-state index contributed by atoms with van der Waals surface area (Å²) in [5, 5.41) is 16.5. The summed E-state index contributed by atoms with van der Waals surface area (Å²) < 4.78 is 4.70. The van der Waals surface area contributed by atoms with Gasteiger partial charge in [-0.05, 0) is 13.8 Å². The Hall–Kier alpha value is -1.08. The van der Waals surface area contributed by atoms with Crippen LogP contribution in [0.4, 0.5) is 0 Å². The van der Waals surface area contributed by atoms with Gasteiger partial charge < -0.3 is 9.84 Å². The Morgan fingerprint density at radius 1 is 1.70 bits per heavy atom. The van der Waals surface area contributed by atoms with E-state index in [0.29, 0.717) is 0 Å². The predicted octanol–water partition coefficient (Wildman–Crippen LogP) is 0.388. The number of ether oxygens (including phenoxy) is 1. The molecule has 0 aliphatic carbocycles. The highest BCUT2D eigenvalue weighted by atomic mass is 16.5. The molecule has 0 saturated carbocycles. The molecule has 0 saturated heterocycles. The third kappa shape index (κ3) is 3.05. The van der Waals surface area contributed by atoms with Crippen molar-refractivity contribution in [2.45, 2.75) is 26.1 Å². The first-order chi connectivity index (χ1) is 4.57. The van der Waals surface area contributed by atoms with E-state index in [9.17, 15) is 4.79 Å². The van der Waals surface area contributed by atoms with Crippen molar-refractivity contribution in [1.82, 2.24) is 0 Å². The zero-order chi connectivity index (χ0) is 8.15. The van der Waals surface area contributed by atoms with Crippen molar-refractivity contribution in [2.75, 3.05) is 0 Å². The molecule has 4 nitrogen and oxygen atoms in total. The highest BCUT2D eigenvalue weighted by Crippen LogP contribution is 1.95. The van der Waals surface area contributed by atoms with E-state index in [1.807, 2.05) is 0 Å². The van der Waals surface area contributed by atoms with Gasteiger partial charge in [-0.3, -0.25) is 0 Å². The molecule has 10 heavy (non-hydrogen) atoms. The van der Waals surface area contributed by atoms with Crippen LogP contribution >= 0.6 is 0 Å². The van der Waals surface area contributed by atoms with E-state index < -0.39 is 18.2 Å². The van der Waals surface area contributed by atoms with Crippen molar-refractivity contribution < 1.29 is 14.6 Å². The molecule has 1 N–H and O–H groups in total. The topological polar surface area (TPSA) is 70.3 Å². The first-order valence-corrected chi connectivity index (χ1v) is 2.85. The third-order valence-corrected chi connectivity index (χ3v) is 0.938. The maximum absolute atomic E-state index is 10.1. The van der Waals surface area contributed by atoms with E-state index in [0.717, 1.165) is 0 Å². The first kappa shape index (κ1) is 8.92. The van der Waals surface area contributed by atoms with Crippen molar-refractivity contribution in [3.63, 3.8) is 0 Å². The number of hydrogen-bond acceptors (Lipinski definition) is 3. The molecule has 0 aromatic rings. The van der Waals surface area contributed by atoms with Crippen molar-refractivity contribution in [3.05, 3.63) is 0 Å². The molecule has 0 aromatic heterocycles. The number of carboxylic acids is 1. The van der Waals surface area contributed by atoms with Gasteiger partial charge in [0.05, 0.1) is 6.07 Å². The van der Waals surface area contributed by atoms with Gasteiger partial charge in [0.25, 0.3) is 0 Å². The van der Waals surface area contributed by atoms with E-state index in [4.69, 9.17) is 15.1 Å². The monoisotopic (exact) mass is 143 g/mol. The average Bonchev–Trinajstić information content (AvgIpc) is 1.87. The minimum atomic E-state index is -1.05. The van der Waals surface area contributed by atoms with Crippen LogP contribution in [0.15, 0.2) is 0 Å². The summed E-state index contributed by atoms with van der Waals surface area (Å²) in [7, 11) is 0. The molecule has 0 aliphatic heterocycles. The summed E-state index contributed by atoms with van der Waals surface area (Å²) in [6.07, 6.45) is -1.57. The van der Waals surface area contributed by atoms with Crippen molar-refractivity contribution in [1.29, 1.82) is 5.26 Å². The number of carboxylic acid groups (broad SMARTS) is 1. The van der Waals surface area contributed by atoms with Crippen LogP contribution in [-0.4, -0.2) is 23.3 Å². The van der Waals surface area contributed by atoms with E-state index >= 15 is 0 Å². The molecule has 0 amide bonds. The molecule has 0 aliphatic rings. The van der Waals surface area contributed by atoms with E-state index in [-0.39, 0.29) is 0 Å². The van der Waals surface area contributed by atoms with Gasteiger partial charge >= 0.3 is 5.97 Å². The van der Waals surface area contributed by atoms with Crippen molar-refractivity contribution in [2.24, 2.45) is 0 Å². The maximum atomic E-state index is 10.1. The summed E-state index contributed by atoms with van der Waals surface area (Å²) in [5.74, 6) is -1.05. The van der Waals surface area contributed by atoms with Gasteiger partial charge in [0.15, 0.2) is 6.10 Å². The number of carbonyl (C=O) groups is 1. The highest BCUT2D eigenvalue weighted by molar-refractivity contribution is 5.71. The molecule has 4 heteroatoms. The van der Waals surface area contributed by atoms with E-state index in [2.05, 4.69) is 0 Å². The van der Waals surface area contributed by atoms with Crippen LogP contribution in [0.25, 0.3) is 0 Å². The van der Waals surface area contributed by atoms with Crippen LogP contribution < -0.4 is 0 Å². The highest BCUT2D eigenvalue weighted by Gasteiger charge is 2.13. The fraction of sp³-hybridized carbons (Fsp3) is 0.667. The number of nitrogens with zero attached hydrogens (tertiary/aromatic N) is 1. The van der Waals surface area contributed by atoms with E-state index in [1.54, 1.807) is 6.07 Å². The quantitative estimate of drug-likeness (QED) is 0.620. The molecule has 0 fully saturated rings. The summed E-state index contributed by atoms with van der Waals surface area (Å²) in [5.41, 5.74) is 0. The largest absolute Gasteiger partial charge is 0.479 e. The molecular weight excluding hydrogens is 134 g/mol. The number of nitriles is 1. The van der Waals surface area contributed by atoms with Gasteiger partial charge in [0.1, 0.15) is 6.10 Å². The molecule has 0 heterocycles. The zero-order valence-corrected chi connectivity index (χ0v) is 5.87. The van der Waals surface area contributed by atoms with Crippen LogP contribution in [0.5, 0.6) is 0 Å². The molecular formula is C6H9NO3. The third-order valence-electron chi connectivity index (χ3n) is 0.938. The van der Waals surface area contributed by atoms with E-state index in [1.165, 1.54) is 13.8 Å². The lowest BCUT2D eigenvalue weighted by atomic mass is 10.4. The first-order valence-electron chi connectivity index (χ1n) is 2.85. The summed E-state index contributed by atoms with van der Waals surface area (Å²) in [6.45, 7) is 2.88. The fourth-order valence-corrected chi connectivity index (χ4v) is 0.395. The second kappa shape index (κ2) is 3.85. The van der Waals surface area contributed by atoms with Crippen molar-refractivity contribution in [3.8, 4) is 6.07 Å². The molecule has 1 unspecified atom stereocenters. The summed E-state index contributed by atoms with van der Waals surface area (Å²) in [4.78, 5) is 10.1. The lowest BCUT2D eigenvalue weighted by Gasteiger charge is -2.08. The van der Waals surface area contributed by atoms with Crippen LogP contribution in [0, 0.1) is 11.3 Å². The minimum Gasteiger partial charge on any atom is -0.479 e. The maximum Gasteiger partial charge on any atom is 0.332 e. The lowest BCUT2D eigenvalue weighted by Crippen LogP contribution is -2.23. The Kier molecular flexibility index (Phi) is 3.44. The Bertz CT molecular complexity index is 161. The fourth-order valence-electron chi connectivity index (χ4n) is 0.395. The molecule has 0 spiro atoms. The Morgan fingerprint density at radius 3 is 2.50 bits per heavy atom. The molecule has 0 radical (unpaired) electrons. The van der Waals surface area contributed by atoms with Gasteiger partial charge in [-0.1, -0.05) is 0 Å². The number of aliphatic carboxylic acids is 1. The number of hydrogen-bond donors (Lipinski definition) is 1. The Balaban J connectivity index is 3.70. The van der Waals surface area contributed by atoms with Gasteiger partial charge in [-0.2, -0.15) is 5.26 Å². The average molecular weight is 143 g/mol. The molecule has 2 atom stereocenters. The second-order valence-corrected chi connectivity index (χ2v) is 1.89. The normalized spacial score (nSPS) is 15.3. The molecule has 56 valence electrons. The summed E-state index contributed by atoms with van der Waals surface area (Å²) in [6, 6.07) is 1.77. The van der Waals surface area contributed by atoms with Gasteiger partial charge in [0, 0.05) is 0 Å². The second-order valence-electron chi connectivity index (χ2n) is 1.89. The Morgan fingerprint density at radius 2 is 2.20 bits per heavy atom. The lowest BCUT2D eigenvalue weighted by molar-refractivity contribution is -0.150. The van der Waals surface area contributed by atoms with Gasteiger partial charge in [0.2, 0.25) is 0 Å². The minimum absolute atomic E-state index is 0.661. The molecule has 0 rings (SSSR count). The summed E-state index contributed by atoms with van der Waals surface area (Å²) >= 11 is 0. The predicted molar refractivity (Wildman–Crippen MR) is 33.3 cm³/mol. The SMILES string of the molecule is CC(C#N)O[C@H](C)C(=O)O. The standard InChI is InChI=1S/C6H9NO3/c1-4(3-7)10-5(2)6(8)9/h4-5H,1-2H3,(H,8,9)/t4?,5-/m1/s1. The van der Waals surface area contributed by atoms with Crippen LogP contribution in [0.1, 0.15) is 13.8 Å². The Labute approximate surface area is 59.0 Å². The molecule has 0 aromatic carbocycles. The van der Waals surface area contributed by atoms with Crippen LogP contribution in [0.3, 0.4) is 0 Å². The number of rotatable bonds is 3. The molecule has 0 bridgehead atoms. The van der Waals surface area contributed by atoms with Gasteiger partial charge in [-0.25, -0.2) is 4.79 Å². The van der Waals surface area contributed by atoms with Gasteiger partial charge in [-0.15, -0.1) is 0 Å². The van der Waals surface area contributed by atoms with Crippen LogP contribution in [-0.2, 0) is 9.53 Å². The van der Waals surface area contributed by atoms with Crippen molar-refractivity contribution >= 4 is 5.97 Å². The van der Waals surface area contributed by atoms with Crippen LogP contribution in [0.2, 0.25) is 0 Å². The smallest absolute Gasteiger partial charge is 0.332 e.